The molecule has 1 fully saturated rings. The summed E-state index contributed by atoms with van der Waals surface area (Å²) in [5.74, 6) is -0.136. The van der Waals surface area contributed by atoms with Crippen LogP contribution in [-0.2, 0) is 26.0 Å². The molecule has 2 heterocycles. The summed E-state index contributed by atoms with van der Waals surface area (Å²) in [7, 11) is -3.98. The van der Waals surface area contributed by atoms with Crippen molar-refractivity contribution in [3.05, 3.63) is 39.8 Å². The molecule has 1 aliphatic heterocycles. The van der Waals surface area contributed by atoms with Gasteiger partial charge in [0.1, 0.15) is 10.9 Å². The molecule has 0 radical (unpaired) electrons. The molecule has 0 aliphatic carbocycles. The van der Waals surface area contributed by atoms with Crippen molar-refractivity contribution < 1.29 is 18.0 Å². The monoisotopic (exact) mass is 468 g/mol. The van der Waals surface area contributed by atoms with Crippen LogP contribution in [-0.4, -0.2) is 53.7 Å². The lowest BCUT2D eigenvalue weighted by molar-refractivity contribution is -0.123. The third kappa shape index (κ3) is 5.20. The standard InChI is InChI=1S/C19H24N4O4S3/c1-12-4-5-16(21-13(2)24)18(8-12)30(26,27)23-11-28-10-17(23)19(25)20-7-6-15-9-29-14(3)22-15/h4-5,8-9,17H,6-7,10-11H2,1-3H3,(H,20,25)(H,21,24)/t17-/m1/s1. The second-order valence-corrected chi connectivity index (χ2v) is 10.9. The van der Waals surface area contributed by atoms with Crippen molar-refractivity contribution in [3.8, 4) is 0 Å². The average molecular weight is 469 g/mol. The second-order valence-electron chi connectivity index (χ2n) is 6.99. The van der Waals surface area contributed by atoms with Gasteiger partial charge in [0.25, 0.3) is 0 Å². The van der Waals surface area contributed by atoms with Crippen molar-refractivity contribution in [2.45, 2.75) is 38.1 Å². The van der Waals surface area contributed by atoms with Crippen LogP contribution in [0.25, 0.3) is 0 Å². The van der Waals surface area contributed by atoms with Gasteiger partial charge in [-0.2, -0.15) is 4.31 Å². The van der Waals surface area contributed by atoms with Crippen LogP contribution in [0.1, 0.15) is 23.2 Å². The van der Waals surface area contributed by atoms with Crippen LogP contribution in [0.15, 0.2) is 28.5 Å². The lowest BCUT2D eigenvalue weighted by Gasteiger charge is -2.24. The average Bonchev–Trinajstić information content (AvgIpc) is 3.32. The summed E-state index contributed by atoms with van der Waals surface area (Å²) in [6.45, 7) is 5.41. The number of aromatic nitrogens is 1. The fraction of sp³-hybridized carbons (Fsp3) is 0.421. The van der Waals surface area contributed by atoms with Gasteiger partial charge in [-0.3, -0.25) is 9.59 Å². The first-order valence-electron chi connectivity index (χ1n) is 9.35. The highest BCUT2D eigenvalue weighted by atomic mass is 32.2. The van der Waals surface area contributed by atoms with Crippen LogP contribution < -0.4 is 10.6 Å². The first-order chi connectivity index (χ1) is 14.2. The maximum Gasteiger partial charge on any atom is 0.246 e. The number of sulfonamides is 1. The molecule has 1 atom stereocenters. The Labute approximate surface area is 184 Å². The zero-order valence-electron chi connectivity index (χ0n) is 17.0. The number of rotatable bonds is 7. The predicted molar refractivity (Wildman–Crippen MR) is 119 cm³/mol. The van der Waals surface area contributed by atoms with Gasteiger partial charge in [-0.05, 0) is 31.5 Å². The lowest BCUT2D eigenvalue weighted by atomic mass is 10.2. The van der Waals surface area contributed by atoms with E-state index in [1.54, 1.807) is 30.4 Å². The molecule has 2 amide bonds. The summed E-state index contributed by atoms with van der Waals surface area (Å²) in [6.07, 6.45) is 0.591. The topological polar surface area (TPSA) is 108 Å². The van der Waals surface area contributed by atoms with E-state index in [0.717, 1.165) is 16.3 Å². The minimum Gasteiger partial charge on any atom is -0.354 e. The Balaban J connectivity index is 1.76. The fourth-order valence-electron chi connectivity index (χ4n) is 3.09. The molecule has 8 nitrogen and oxygen atoms in total. The Morgan fingerprint density at radius 3 is 2.73 bits per heavy atom. The Kier molecular flexibility index (Phi) is 7.17. The predicted octanol–water partition coefficient (Wildman–Crippen LogP) is 2.14. The van der Waals surface area contributed by atoms with Gasteiger partial charge in [-0.1, -0.05) is 6.07 Å². The van der Waals surface area contributed by atoms with Crippen LogP contribution in [0.5, 0.6) is 0 Å². The highest BCUT2D eigenvalue weighted by Crippen LogP contribution is 2.32. The normalized spacial score (nSPS) is 17.1. The van der Waals surface area contributed by atoms with E-state index in [-0.39, 0.29) is 28.3 Å². The number of hydrogen-bond acceptors (Lipinski definition) is 7. The smallest absolute Gasteiger partial charge is 0.246 e. The zero-order chi connectivity index (χ0) is 21.9. The van der Waals surface area contributed by atoms with Crippen molar-refractivity contribution in [1.82, 2.24) is 14.6 Å². The number of amides is 2. The van der Waals surface area contributed by atoms with E-state index in [9.17, 15) is 18.0 Å². The number of hydrogen-bond donors (Lipinski definition) is 2. The zero-order valence-corrected chi connectivity index (χ0v) is 19.4. The molecular formula is C19H24N4O4S3. The molecule has 1 aliphatic rings. The second kappa shape index (κ2) is 9.46. The third-order valence-electron chi connectivity index (χ3n) is 4.53. The van der Waals surface area contributed by atoms with Gasteiger partial charge >= 0.3 is 0 Å². The molecule has 1 aromatic heterocycles. The lowest BCUT2D eigenvalue weighted by Crippen LogP contribution is -2.47. The molecule has 2 aromatic rings. The van der Waals surface area contributed by atoms with Gasteiger partial charge in [0, 0.05) is 31.0 Å². The van der Waals surface area contributed by atoms with Gasteiger partial charge < -0.3 is 10.6 Å². The van der Waals surface area contributed by atoms with Crippen molar-refractivity contribution in [2.75, 3.05) is 23.5 Å². The summed E-state index contributed by atoms with van der Waals surface area (Å²) in [5.41, 5.74) is 1.86. The third-order valence-corrected chi connectivity index (χ3v) is 8.42. The molecular weight excluding hydrogens is 444 g/mol. The van der Waals surface area contributed by atoms with Gasteiger partial charge in [-0.15, -0.1) is 23.1 Å². The van der Waals surface area contributed by atoms with E-state index >= 15 is 0 Å². The minimum absolute atomic E-state index is 0.00375. The number of nitrogens with one attached hydrogen (secondary N) is 2. The van der Waals surface area contributed by atoms with Crippen molar-refractivity contribution in [3.63, 3.8) is 0 Å². The maximum absolute atomic E-state index is 13.4. The summed E-state index contributed by atoms with van der Waals surface area (Å²) in [4.78, 5) is 28.6. The van der Waals surface area contributed by atoms with Crippen LogP contribution in [0.4, 0.5) is 5.69 Å². The van der Waals surface area contributed by atoms with Gasteiger partial charge in [-0.25, -0.2) is 13.4 Å². The number of thiazole rings is 1. The summed E-state index contributed by atoms with van der Waals surface area (Å²) in [5, 5.41) is 8.32. The number of carbonyl (C=O) groups excluding carboxylic acids is 2. The van der Waals surface area contributed by atoms with E-state index in [2.05, 4.69) is 15.6 Å². The highest BCUT2D eigenvalue weighted by Gasteiger charge is 2.41. The van der Waals surface area contributed by atoms with Crippen LogP contribution in [0.3, 0.4) is 0 Å². The summed E-state index contributed by atoms with van der Waals surface area (Å²) in [6, 6.07) is 4.01. The molecule has 1 saturated heterocycles. The van der Waals surface area contributed by atoms with E-state index in [1.165, 1.54) is 29.1 Å². The van der Waals surface area contributed by atoms with Gasteiger partial charge in [0.2, 0.25) is 21.8 Å². The number of benzene rings is 1. The number of nitrogens with zero attached hydrogens (tertiary/aromatic N) is 2. The first kappa shape index (κ1) is 22.7. The molecule has 11 heteroatoms. The van der Waals surface area contributed by atoms with Crippen LogP contribution >= 0.6 is 23.1 Å². The molecule has 0 unspecified atom stereocenters. The molecule has 0 spiro atoms. The Bertz CT molecular complexity index is 1050. The Hall–Kier alpha value is -1.95. The van der Waals surface area contributed by atoms with E-state index in [1.807, 2.05) is 12.3 Å². The van der Waals surface area contributed by atoms with Crippen LogP contribution in [0.2, 0.25) is 0 Å². The molecule has 162 valence electrons. The molecule has 0 saturated carbocycles. The fourth-order valence-corrected chi connectivity index (χ4v) is 7.12. The number of thioether (sulfide) groups is 1. The molecule has 1 aromatic carbocycles. The van der Waals surface area contributed by atoms with Crippen molar-refractivity contribution in [1.29, 1.82) is 0 Å². The number of carbonyl (C=O) groups is 2. The minimum atomic E-state index is -3.98. The van der Waals surface area contributed by atoms with Gasteiger partial charge in [0.05, 0.1) is 22.3 Å². The van der Waals surface area contributed by atoms with E-state index < -0.39 is 16.1 Å². The molecule has 3 rings (SSSR count). The van der Waals surface area contributed by atoms with E-state index in [4.69, 9.17) is 0 Å². The highest BCUT2D eigenvalue weighted by molar-refractivity contribution is 8.00. The quantitative estimate of drug-likeness (QED) is 0.645. The number of aryl methyl sites for hydroxylation is 2. The molecule has 2 N–H and O–H groups in total. The van der Waals surface area contributed by atoms with Gasteiger partial charge in [0.15, 0.2) is 0 Å². The van der Waals surface area contributed by atoms with E-state index in [0.29, 0.717) is 18.7 Å². The number of anilines is 1. The summed E-state index contributed by atoms with van der Waals surface area (Å²) < 4.78 is 28.0. The van der Waals surface area contributed by atoms with Crippen molar-refractivity contribution in [2.24, 2.45) is 0 Å². The summed E-state index contributed by atoms with van der Waals surface area (Å²) >= 11 is 2.94. The maximum atomic E-state index is 13.4. The Morgan fingerprint density at radius 1 is 1.30 bits per heavy atom. The van der Waals surface area contributed by atoms with Crippen molar-refractivity contribution >= 4 is 50.6 Å². The SMILES string of the molecule is CC(=O)Nc1ccc(C)cc1S(=O)(=O)N1CSC[C@@H]1C(=O)NCCc1csc(C)n1. The van der Waals surface area contributed by atoms with Crippen LogP contribution in [0, 0.1) is 13.8 Å². The largest absolute Gasteiger partial charge is 0.354 e. The Morgan fingerprint density at radius 2 is 2.07 bits per heavy atom. The molecule has 0 bridgehead atoms. The first-order valence-corrected chi connectivity index (χ1v) is 12.8. The molecule has 30 heavy (non-hydrogen) atoms.